The molecule has 2 rings (SSSR count). The topological polar surface area (TPSA) is 46.3 Å². The Hall–Kier alpha value is -0.280. The summed E-state index contributed by atoms with van der Waals surface area (Å²) in [6.07, 6.45) is 7.08. The van der Waals surface area contributed by atoms with Gasteiger partial charge in [0.2, 0.25) is 5.91 Å². The molecule has 1 saturated carbocycles. The molecule has 0 radical (unpaired) electrons. The third-order valence-corrected chi connectivity index (χ3v) is 5.05. The molecule has 19 heavy (non-hydrogen) atoms. The lowest BCUT2D eigenvalue weighted by Crippen LogP contribution is -2.37. The second-order valence-electron chi connectivity index (χ2n) is 6.32. The summed E-state index contributed by atoms with van der Waals surface area (Å²) < 4.78 is 0. The van der Waals surface area contributed by atoms with Gasteiger partial charge in [0.25, 0.3) is 0 Å². The Labute approximate surface area is 123 Å². The zero-order chi connectivity index (χ0) is 13.1. The van der Waals surface area contributed by atoms with Crippen molar-refractivity contribution < 1.29 is 4.79 Å². The third kappa shape index (κ3) is 4.09. The first-order valence-corrected chi connectivity index (χ1v) is 7.66. The van der Waals surface area contributed by atoms with E-state index in [0.29, 0.717) is 17.7 Å². The number of hydrogen-bond donors (Lipinski definition) is 1. The van der Waals surface area contributed by atoms with E-state index >= 15 is 0 Å². The Morgan fingerprint density at radius 2 is 1.89 bits per heavy atom. The van der Waals surface area contributed by atoms with Crippen molar-refractivity contribution in [2.24, 2.45) is 23.5 Å². The molecule has 2 fully saturated rings. The summed E-state index contributed by atoms with van der Waals surface area (Å²) in [5.74, 6) is 2.10. The van der Waals surface area contributed by atoms with Crippen molar-refractivity contribution in [2.75, 3.05) is 13.1 Å². The molecular formula is C15H29ClN2O. The molecule has 112 valence electrons. The van der Waals surface area contributed by atoms with Crippen molar-refractivity contribution in [3.05, 3.63) is 0 Å². The number of hydrogen-bond acceptors (Lipinski definition) is 2. The van der Waals surface area contributed by atoms with Crippen LogP contribution in [0, 0.1) is 17.8 Å². The number of rotatable bonds is 3. The van der Waals surface area contributed by atoms with Crippen LogP contribution in [-0.4, -0.2) is 29.9 Å². The summed E-state index contributed by atoms with van der Waals surface area (Å²) in [7, 11) is 0. The third-order valence-electron chi connectivity index (χ3n) is 5.05. The van der Waals surface area contributed by atoms with Gasteiger partial charge in [-0.1, -0.05) is 13.3 Å². The molecular weight excluding hydrogens is 260 g/mol. The summed E-state index contributed by atoms with van der Waals surface area (Å²) >= 11 is 0. The van der Waals surface area contributed by atoms with E-state index in [1.165, 1.54) is 19.3 Å². The Morgan fingerprint density at radius 3 is 2.37 bits per heavy atom. The number of amides is 1. The van der Waals surface area contributed by atoms with E-state index in [2.05, 4.69) is 18.7 Å². The maximum absolute atomic E-state index is 12.4. The summed E-state index contributed by atoms with van der Waals surface area (Å²) in [5.41, 5.74) is 5.94. The highest BCUT2D eigenvalue weighted by molar-refractivity contribution is 5.85. The van der Waals surface area contributed by atoms with Gasteiger partial charge >= 0.3 is 0 Å². The molecule has 3 nitrogen and oxygen atoms in total. The molecule has 1 aliphatic carbocycles. The average molecular weight is 289 g/mol. The molecule has 2 N–H and O–H groups in total. The number of nitrogens with two attached hydrogens (primary N) is 1. The minimum Gasteiger partial charge on any atom is -0.342 e. The lowest BCUT2D eigenvalue weighted by Gasteiger charge is -2.30. The van der Waals surface area contributed by atoms with E-state index < -0.39 is 0 Å². The van der Waals surface area contributed by atoms with Gasteiger partial charge < -0.3 is 10.6 Å². The molecule has 2 unspecified atom stereocenters. The minimum absolute atomic E-state index is 0. The molecule has 1 heterocycles. The first-order valence-electron chi connectivity index (χ1n) is 7.66. The molecule has 0 bridgehead atoms. The van der Waals surface area contributed by atoms with E-state index in [-0.39, 0.29) is 18.4 Å². The van der Waals surface area contributed by atoms with Gasteiger partial charge in [0.05, 0.1) is 0 Å². The monoisotopic (exact) mass is 288 g/mol. The molecule has 0 spiro atoms. The lowest BCUT2D eigenvalue weighted by molar-refractivity contribution is -0.135. The molecule has 0 aromatic heterocycles. The van der Waals surface area contributed by atoms with E-state index in [1.54, 1.807) is 0 Å². The number of nitrogens with zero attached hydrogens (tertiary/aromatic N) is 1. The predicted molar refractivity (Wildman–Crippen MR) is 81.3 cm³/mol. The maximum atomic E-state index is 12.4. The van der Waals surface area contributed by atoms with Crippen molar-refractivity contribution >= 4 is 18.3 Å². The van der Waals surface area contributed by atoms with Crippen LogP contribution in [0.1, 0.15) is 52.4 Å². The molecule has 1 saturated heterocycles. The molecule has 0 aromatic carbocycles. The second-order valence-corrected chi connectivity index (χ2v) is 6.32. The zero-order valence-corrected chi connectivity index (χ0v) is 13.1. The average Bonchev–Trinajstić information content (AvgIpc) is 2.88. The van der Waals surface area contributed by atoms with E-state index in [4.69, 9.17) is 5.73 Å². The first kappa shape index (κ1) is 16.8. The van der Waals surface area contributed by atoms with Crippen molar-refractivity contribution in [2.45, 2.75) is 58.4 Å². The van der Waals surface area contributed by atoms with Crippen LogP contribution in [-0.2, 0) is 4.79 Å². The smallest absolute Gasteiger partial charge is 0.225 e. The highest BCUT2D eigenvalue weighted by Gasteiger charge is 2.33. The minimum atomic E-state index is 0. The van der Waals surface area contributed by atoms with Crippen LogP contribution in [0.5, 0.6) is 0 Å². The fourth-order valence-electron chi connectivity index (χ4n) is 3.49. The quantitative estimate of drug-likeness (QED) is 0.868. The van der Waals surface area contributed by atoms with Crippen molar-refractivity contribution in [1.29, 1.82) is 0 Å². The molecule has 1 aliphatic heterocycles. The molecule has 2 atom stereocenters. The van der Waals surface area contributed by atoms with E-state index in [9.17, 15) is 4.79 Å². The van der Waals surface area contributed by atoms with Gasteiger partial charge in [-0.3, -0.25) is 4.79 Å². The molecule has 1 amide bonds. The van der Waals surface area contributed by atoms with Gasteiger partial charge in [0.15, 0.2) is 0 Å². The van der Waals surface area contributed by atoms with Crippen LogP contribution in [0.4, 0.5) is 0 Å². The zero-order valence-electron chi connectivity index (χ0n) is 12.3. The van der Waals surface area contributed by atoms with Gasteiger partial charge in [-0.05, 0) is 50.9 Å². The van der Waals surface area contributed by atoms with Crippen LogP contribution >= 0.6 is 12.4 Å². The molecule has 0 aromatic rings. The first-order chi connectivity index (χ1) is 8.61. The number of carbonyl (C=O) groups is 1. The summed E-state index contributed by atoms with van der Waals surface area (Å²) in [5, 5.41) is 0. The highest BCUT2D eigenvalue weighted by Crippen LogP contribution is 2.33. The Morgan fingerprint density at radius 1 is 1.26 bits per heavy atom. The maximum Gasteiger partial charge on any atom is 0.225 e. The number of halogens is 1. The highest BCUT2D eigenvalue weighted by atomic mass is 35.5. The standard InChI is InChI=1S/C15H28N2O.ClH/c1-3-12-4-6-13(7-5-12)15(18)17-9-8-14(10-17)11(2)16;/h11-14H,3-10,16H2,1-2H3;1H. The van der Waals surface area contributed by atoms with Crippen molar-refractivity contribution in [3.8, 4) is 0 Å². The van der Waals surface area contributed by atoms with Crippen molar-refractivity contribution in [3.63, 3.8) is 0 Å². The van der Waals surface area contributed by atoms with Gasteiger partial charge in [-0.15, -0.1) is 12.4 Å². The van der Waals surface area contributed by atoms with Gasteiger partial charge in [-0.25, -0.2) is 0 Å². The van der Waals surface area contributed by atoms with Gasteiger partial charge in [-0.2, -0.15) is 0 Å². The fraction of sp³-hybridized carbons (Fsp3) is 0.933. The Bertz CT molecular complexity index is 288. The lowest BCUT2D eigenvalue weighted by atomic mass is 9.80. The van der Waals surface area contributed by atoms with Crippen LogP contribution < -0.4 is 5.73 Å². The Kier molecular flexibility index (Phi) is 6.61. The summed E-state index contributed by atoms with van der Waals surface area (Å²) in [6.45, 7) is 6.15. The van der Waals surface area contributed by atoms with E-state index in [0.717, 1.165) is 38.3 Å². The Balaban J connectivity index is 0.00000180. The second kappa shape index (κ2) is 7.49. The van der Waals surface area contributed by atoms with Gasteiger partial charge in [0.1, 0.15) is 0 Å². The van der Waals surface area contributed by atoms with E-state index in [1.807, 2.05) is 0 Å². The number of likely N-dealkylation sites (tertiary alicyclic amines) is 1. The fourth-order valence-corrected chi connectivity index (χ4v) is 3.49. The summed E-state index contributed by atoms with van der Waals surface area (Å²) in [6, 6.07) is 0.221. The SMILES string of the molecule is CCC1CCC(C(=O)N2CCC(C(C)N)C2)CC1.Cl. The molecule has 4 heteroatoms. The largest absolute Gasteiger partial charge is 0.342 e. The predicted octanol–water partition coefficient (Wildman–Crippen LogP) is 2.82. The van der Waals surface area contributed by atoms with Crippen LogP contribution in [0.25, 0.3) is 0 Å². The normalized spacial score (nSPS) is 32.8. The number of carbonyl (C=O) groups excluding carboxylic acids is 1. The van der Waals surface area contributed by atoms with Crippen LogP contribution in [0.3, 0.4) is 0 Å². The summed E-state index contributed by atoms with van der Waals surface area (Å²) in [4.78, 5) is 14.5. The van der Waals surface area contributed by atoms with Crippen LogP contribution in [0.15, 0.2) is 0 Å². The van der Waals surface area contributed by atoms with Crippen LogP contribution in [0.2, 0.25) is 0 Å². The molecule has 2 aliphatic rings. The van der Waals surface area contributed by atoms with Gasteiger partial charge in [0, 0.05) is 25.0 Å². The van der Waals surface area contributed by atoms with Crippen molar-refractivity contribution in [1.82, 2.24) is 4.90 Å².